The Morgan fingerprint density at radius 3 is 2.30 bits per heavy atom. The minimum atomic E-state index is -5.07. The summed E-state index contributed by atoms with van der Waals surface area (Å²) < 4.78 is 38.0. The Kier molecular flexibility index (Phi) is 5.19. The van der Waals surface area contributed by atoms with Crippen LogP contribution in [0.2, 0.25) is 0 Å². The largest absolute Gasteiger partial charge is 0.778 e. The van der Waals surface area contributed by atoms with Crippen molar-refractivity contribution >= 4 is 15.0 Å². The number of pyridine rings is 1. The van der Waals surface area contributed by atoms with Gasteiger partial charge in [0.15, 0.2) is 31.6 Å². The van der Waals surface area contributed by atoms with Crippen LogP contribution in [0.4, 0.5) is 4.39 Å². The molecular formula is C14H16FNO5P2. The first-order valence-electron chi connectivity index (χ1n) is 6.66. The van der Waals surface area contributed by atoms with E-state index in [1.54, 1.807) is 30.3 Å². The van der Waals surface area contributed by atoms with Gasteiger partial charge < -0.3 is 19.2 Å². The summed E-state index contributed by atoms with van der Waals surface area (Å²) in [5, 5.41) is -1.90. The molecule has 0 aliphatic heterocycles. The maximum atomic E-state index is 13.8. The molecule has 0 amide bonds. The monoisotopic (exact) mass is 359 g/mol. The van der Waals surface area contributed by atoms with E-state index in [1.807, 2.05) is 0 Å². The van der Waals surface area contributed by atoms with E-state index in [1.165, 1.54) is 12.3 Å². The van der Waals surface area contributed by atoms with Gasteiger partial charge in [-0.2, -0.15) is 0 Å². The normalized spacial score (nSPS) is 18.0. The van der Waals surface area contributed by atoms with E-state index in [0.717, 1.165) is 17.4 Å². The molecule has 23 heavy (non-hydrogen) atoms. The summed E-state index contributed by atoms with van der Waals surface area (Å²) in [6.07, 6.45) is 2.46. The number of halogens is 1. The fourth-order valence-electron chi connectivity index (χ4n) is 2.21. The molecule has 3 unspecified atom stereocenters. The Morgan fingerprint density at radius 1 is 1.17 bits per heavy atom. The summed E-state index contributed by atoms with van der Waals surface area (Å²) >= 11 is 0. The zero-order valence-corrected chi connectivity index (χ0v) is 14.0. The van der Waals surface area contributed by atoms with Gasteiger partial charge in [0.2, 0.25) is 13.6 Å². The molecule has 0 aliphatic rings. The number of hydrogen-bond acceptors (Lipinski definition) is 3. The highest BCUT2D eigenvalue weighted by Crippen LogP contribution is 2.57. The van der Waals surface area contributed by atoms with Crippen LogP contribution in [0.15, 0.2) is 48.8 Å². The van der Waals surface area contributed by atoms with E-state index < -0.39 is 32.7 Å². The molecule has 0 saturated carbocycles. The van der Waals surface area contributed by atoms with E-state index in [-0.39, 0.29) is 0 Å². The van der Waals surface area contributed by atoms with Gasteiger partial charge in [-0.3, -0.25) is 4.57 Å². The maximum absolute atomic E-state index is 13.8. The molecule has 0 saturated heterocycles. The van der Waals surface area contributed by atoms with Crippen LogP contribution in [0.1, 0.15) is 0 Å². The molecule has 2 rings (SSSR count). The van der Waals surface area contributed by atoms with Crippen molar-refractivity contribution in [3.63, 3.8) is 0 Å². The van der Waals surface area contributed by atoms with Gasteiger partial charge in [0.05, 0.1) is 0 Å². The quantitative estimate of drug-likeness (QED) is 0.623. The van der Waals surface area contributed by atoms with Crippen LogP contribution < -0.4 is 9.46 Å². The second-order valence-corrected chi connectivity index (χ2v) is 9.96. The molecule has 3 atom stereocenters. The van der Waals surface area contributed by atoms with Crippen LogP contribution in [0.3, 0.4) is 0 Å². The Labute approximate surface area is 132 Å². The molecule has 6 nitrogen and oxygen atoms in total. The molecule has 0 spiro atoms. The zero-order chi connectivity index (χ0) is 17.3. The molecule has 124 valence electrons. The van der Waals surface area contributed by atoms with Crippen LogP contribution in [-0.2, 0) is 15.7 Å². The Balaban J connectivity index is 2.43. The molecule has 0 radical (unpaired) electrons. The molecule has 1 aromatic carbocycles. The molecule has 0 fully saturated rings. The number of aromatic nitrogens is 1. The van der Waals surface area contributed by atoms with E-state index in [0.29, 0.717) is 11.1 Å². The van der Waals surface area contributed by atoms with Crippen LogP contribution >= 0.6 is 15.0 Å². The summed E-state index contributed by atoms with van der Waals surface area (Å²) in [5.74, 6) is -0.632. The number of nitrogens with zero attached hydrogens (tertiary/aromatic N) is 1. The minimum Gasteiger partial charge on any atom is -0.778 e. The average molecular weight is 359 g/mol. The van der Waals surface area contributed by atoms with Crippen molar-refractivity contribution in [2.24, 2.45) is 0 Å². The Morgan fingerprint density at radius 2 is 1.78 bits per heavy atom. The SMILES string of the molecule is CP(=O)(O)C(C[n+]1cc(F)cc(-c2ccccc2)c1)P(=O)([O-])O. The van der Waals surface area contributed by atoms with Crippen molar-refractivity contribution in [1.82, 2.24) is 0 Å². The summed E-state index contributed by atoms with van der Waals surface area (Å²) in [4.78, 5) is 30.1. The summed E-state index contributed by atoms with van der Waals surface area (Å²) in [6.45, 7) is 0.315. The van der Waals surface area contributed by atoms with E-state index >= 15 is 0 Å². The predicted octanol–water partition coefficient (Wildman–Crippen LogP) is 1.55. The maximum Gasteiger partial charge on any atom is 0.215 e. The van der Waals surface area contributed by atoms with E-state index in [2.05, 4.69) is 0 Å². The van der Waals surface area contributed by atoms with Crippen LogP contribution in [-0.4, -0.2) is 21.9 Å². The predicted molar refractivity (Wildman–Crippen MR) is 81.4 cm³/mol. The van der Waals surface area contributed by atoms with E-state index in [9.17, 15) is 28.2 Å². The zero-order valence-electron chi connectivity index (χ0n) is 12.2. The van der Waals surface area contributed by atoms with Gasteiger partial charge in [-0.05, 0) is 11.6 Å². The molecule has 0 bridgehead atoms. The average Bonchev–Trinajstić information content (AvgIpc) is 2.43. The fourth-order valence-corrected chi connectivity index (χ4v) is 5.26. The van der Waals surface area contributed by atoms with Gasteiger partial charge >= 0.3 is 0 Å². The lowest BCUT2D eigenvalue weighted by Gasteiger charge is -2.26. The van der Waals surface area contributed by atoms with Gasteiger partial charge in [0, 0.05) is 12.2 Å². The first-order valence-corrected chi connectivity index (χ1v) is 10.5. The number of rotatable bonds is 5. The molecule has 0 aliphatic carbocycles. The lowest BCUT2D eigenvalue weighted by atomic mass is 10.1. The Hall–Kier alpha value is -1.36. The smallest absolute Gasteiger partial charge is 0.215 e. The van der Waals surface area contributed by atoms with Gasteiger partial charge in [-0.25, -0.2) is 8.96 Å². The standard InChI is InChI=1S/C14H16FNO5P2/c1-22(17,18)14(23(19,20)21)10-16-8-12(7-13(15)9-16)11-5-3-2-4-6-11/h2-9,14H,10H2,1H3,(H2-,17,18,19,20,21). The molecule has 1 heterocycles. The molecule has 2 N–H and O–H groups in total. The van der Waals surface area contributed by atoms with Gasteiger partial charge in [-0.15, -0.1) is 0 Å². The second kappa shape index (κ2) is 6.63. The highest BCUT2D eigenvalue weighted by molar-refractivity contribution is 7.72. The van der Waals surface area contributed by atoms with Crippen LogP contribution in [0.25, 0.3) is 11.1 Å². The van der Waals surface area contributed by atoms with Crippen molar-refractivity contribution < 1.29 is 32.8 Å². The van der Waals surface area contributed by atoms with Gasteiger partial charge in [0.1, 0.15) is 0 Å². The Bertz CT molecular complexity index is 765. The highest BCUT2D eigenvalue weighted by Gasteiger charge is 2.38. The summed E-state index contributed by atoms with van der Waals surface area (Å²) in [5.41, 5.74) is 1.18. The van der Waals surface area contributed by atoms with E-state index in [4.69, 9.17) is 0 Å². The molecular weight excluding hydrogens is 343 g/mol. The first kappa shape index (κ1) is 18.0. The molecule has 9 heteroatoms. The third-order valence-corrected chi connectivity index (χ3v) is 7.65. The minimum absolute atomic E-state index is 0.479. The number of benzene rings is 1. The van der Waals surface area contributed by atoms with Crippen molar-refractivity contribution in [2.75, 3.05) is 6.66 Å². The third-order valence-electron chi connectivity index (χ3n) is 3.30. The summed E-state index contributed by atoms with van der Waals surface area (Å²) in [7, 11) is -9.21. The highest BCUT2D eigenvalue weighted by atomic mass is 31.2. The van der Waals surface area contributed by atoms with Crippen LogP contribution in [0.5, 0.6) is 0 Å². The lowest BCUT2D eigenvalue weighted by Crippen LogP contribution is -2.41. The first-order chi connectivity index (χ1) is 10.6. The topological polar surface area (TPSA) is 102 Å². The van der Waals surface area contributed by atoms with Crippen molar-refractivity contribution in [1.29, 1.82) is 0 Å². The molecule has 1 aromatic heterocycles. The van der Waals surface area contributed by atoms with Crippen LogP contribution in [0, 0.1) is 5.82 Å². The van der Waals surface area contributed by atoms with Crippen molar-refractivity contribution in [3.8, 4) is 11.1 Å². The molecule has 2 aromatic rings. The fraction of sp³-hybridized carbons (Fsp3) is 0.214. The lowest BCUT2D eigenvalue weighted by molar-refractivity contribution is -0.695. The van der Waals surface area contributed by atoms with Gasteiger partial charge in [-0.1, -0.05) is 30.3 Å². The van der Waals surface area contributed by atoms with Gasteiger partial charge in [0.25, 0.3) is 0 Å². The third kappa shape index (κ3) is 4.80. The number of hydrogen-bond donors (Lipinski definition) is 2. The van der Waals surface area contributed by atoms with Crippen molar-refractivity contribution in [3.05, 3.63) is 54.6 Å². The summed E-state index contributed by atoms with van der Waals surface area (Å²) in [6, 6.07) is 10.1. The van der Waals surface area contributed by atoms with Crippen molar-refractivity contribution in [2.45, 2.75) is 11.9 Å². The second-order valence-electron chi connectivity index (χ2n) is 5.29.